The number of carbonyl (C=O) groups is 2. The Kier molecular flexibility index (Phi) is 10.5. The van der Waals surface area contributed by atoms with Crippen molar-refractivity contribution in [1.82, 2.24) is 10.2 Å². The van der Waals surface area contributed by atoms with Gasteiger partial charge in [-0.1, -0.05) is 91.7 Å². The molecule has 0 spiro atoms. The van der Waals surface area contributed by atoms with Crippen LogP contribution in [0.3, 0.4) is 0 Å². The second-order valence-electron chi connectivity index (χ2n) is 11.9. The zero-order chi connectivity index (χ0) is 32.7. The number of anilines is 1. The number of amides is 2. The van der Waals surface area contributed by atoms with Crippen molar-refractivity contribution in [2.75, 3.05) is 10.8 Å². The third kappa shape index (κ3) is 7.83. The summed E-state index contributed by atoms with van der Waals surface area (Å²) in [6.07, 6.45) is 3.89. The van der Waals surface area contributed by atoms with E-state index in [0.29, 0.717) is 11.3 Å². The third-order valence-electron chi connectivity index (χ3n) is 8.51. The number of hydrogen-bond acceptors (Lipinski definition) is 4. The number of nitrogens with one attached hydrogen (secondary N) is 1. The highest BCUT2D eigenvalue weighted by atomic mass is 32.2. The molecule has 9 heteroatoms. The number of hydrogen-bond donors (Lipinski definition) is 1. The van der Waals surface area contributed by atoms with E-state index in [0.717, 1.165) is 41.1 Å². The molecule has 0 saturated heterocycles. The number of aryl methyl sites for hydroxylation is 2. The van der Waals surface area contributed by atoms with Crippen LogP contribution >= 0.6 is 0 Å². The van der Waals surface area contributed by atoms with E-state index in [-0.39, 0.29) is 35.4 Å². The SMILES string of the molecule is Cc1ccc(C)c(N(CC(=O)N(Cc2ccccc2F)[C@@H](Cc2ccccc2)C(=O)NC2CCCC2)S(=O)(=O)c2ccccc2)c1. The number of sulfonamides is 1. The normalized spacial score (nSPS) is 14.1. The molecule has 1 aliphatic carbocycles. The van der Waals surface area contributed by atoms with Crippen LogP contribution in [0.15, 0.2) is 108 Å². The van der Waals surface area contributed by atoms with Gasteiger partial charge in [0.15, 0.2) is 0 Å². The van der Waals surface area contributed by atoms with Crippen LogP contribution in [0.4, 0.5) is 10.1 Å². The molecule has 46 heavy (non-hydrogen) atoms. The Hall–Kier alpha value is -4.50. The van der Waals surface area contributed by atoms with Gasteiger partial charge in [-0.2, -0.15) is 0 Å². The molecule has 4 aromatic rings. The van der Waals surface area contributed by atoms with Crippen LogP contribution in [0, 0.1) is 19.7 Å². The average Bonchev–Trinajstić information content (AvgIpc) is 3.57. The van der Waals surface area contributed by atoms with Gasteiger partial charge in [-0.05, 0) is 67.6 Å². The van der Waals surface area contributed by atoms with Crippen LogP contribution in [0.25, 0.3) is 0 Å². The average molecular weight is 642 g/mol. The van der Waals surface area contributed by atoms with Crippen molar-refractivity contribution in [3.8, 4) is 0 Å². The maximum absolute atomic E-state index is 15.1. The molecule has 2 amide bonds. The molecular formula is C37H40FN3O4S. The third-order valence-corrected chi connectivity index (χ3v) is 10.3. The first-order valence-electron chi connectivity index (χ1n) is 15.7. The summed E-state index contributed by atoms with van der Waals surface area (Å²) in [6, 6.07) is 27.8. The summed E-state index contributed by atoms with van der Waals surface area (Å²) >= 11 is 0. The molecule has 7 nitrogen and oxygen atoms in total. The Morgan fingerprint density at radius 1 is 0.870 bits per heavy atom. The molecule has 0 aromatic heterocycles. The lowest BCUT2D eigenvalue weighted by Gasteiger charge is -2.34. The number of benzene rings is 4. The molecular weight excluding hydrogens is 601 g/mol. The fourth-order valence-electron chi connectivity index (χ4n) is 5.95. The highest BCUT2D eigenvalue weighted by molar-refractivity contribution is 7.92. The van der Waals surface area contributed by atoms with Crippen LogP contribution in [-0.4, -0.2) is 43.8 Å². The van der Waals surface area contributed by atoms with Crippen LogP contribution in [0.5, 0.6) is 0 Å². The number of carbonyl (C=O) groups excluding carboxylic acids is 2. The Morgan fingerprint density at radius 2 is 1.50 bits per heavy atom. The molecule has 1 saturated carbocycles. The minimum absolute atomic E-state index is 0.0129. The number of rotatable bonds is 12. The van der Waals surface area contributed by atoms with Crippen molar-refractivity contribution in [3.63, 3.8) is 0 Å². The van der Waals surface area contributed by atoms with Crippen LogP contribution in [0.1, 0.15) is 47.9 Å². The summed E-state index contributed by atoms with van der Waals surface area (Å²) < 4.78 is 44.6. The van der Waals surface area contributed by atoms with Crippen molar-refractivity contribution in [3.05, 3.63) is 131 Å². The lowest BCUT2D eigenvalue weighted by Crippen LogP contribution is -2.54. The summed E-state index contributed by atoms with van der Waals surface area (Å²) in [5.74, 6) is -1.48. The smallest absolute Gasteiger partial charge is 0.264 e. The molecule has 0 aliphatic heterocycles. The highest BCUT2D eigenvalue weighted by Crippen LogP contribution is 2.29. The van der Waals surface area contributed by atoms with Crippen molar-refractivity contribution in [1.29, 1.82) is 0 Å². The molecule has 1 aliphatic rings. The molecule has 4 aromatic carbocycles. The largest absolute Gasteiger partial charge is 0.352 e. The van der Waals surface area contributed by atoms with Gasteiger partial charge in [0.05, 0.1) is 10.6 Å². The molecule has 1 atom stereocenters. The Bertz CT molecular complexity index is 1760. The van der Waals surface area contributed by atoms with E-state index in [2.05, 4.69) is 5.32 Å². The van der Waals surface area contributed by atoms with E-state index >= 15 is 4.39 Å². The Balaban J connectivity index is 1.59. The van der Waals surface area contributed by atoms with E-state index in [9.17, 15) is 18.0 Å². The molecule has 0 radical (unpaired) electrons. The van der Waals surface area contributed by atoms with E-state index in [1.165, 1.54) is 23.1 Å². The van der Waals surface area contributed by atoms with Gasteiger partial charge in [0.25, 0.3) is 10.0 Å². The highest BCUT2D eigenvalue weighted by Gasteiger charge is 2.36. The number of nitrogens with zero attached hydrogens (tertiary/aromatic N) is 2. The summed E-state index contributed by atoms with van der Waals surface area (Å²) in [7, 11) is -4.22. The zero-order valence-electron chi connectivity index (χ0n) is 26.2. The maximum atomic E-state index is 15.1. The monoisotopic (exact) mass is 641 g/mol. The first-order valence-corrected chi connectivity index (χ1v) is 17.1. The summed E-state index contributed by atoms with van der Waals surface area (Å²) in [4.78, 5) is 30.0. The second-order valence-corrected chi connectivity index (χ2v) is 13.8. The predicted octanol–water partition coefficient (Wildman–Crippen LogP) is 6.34. The second kappa shape index (κ2) is 14.7. The molecule has 240 valence electrons. The topological polar surface area (TPSA) is 86.8 Å². The quantitative estimate of drug-likeness (QED) is 0.196. The van der Waals surface area contributed by atoms with Crippen LogP contribution in [0.2, 0.25) is 0 Å². The summed E-state index contributed by atoms with van der Waals surface area (Å²) in [5, 5.41) is 3.13. The fourth-order valence-corrected chi connectivity index (χ4v) is 7.44. The summed E-state index contributed by atoms with van der Waals surface area (Å²) in [6.45, 7) is 2.84. The van der Waals surface area contributed by atoms with Crippen molar-refractivity contribution in [2.24, 2.45) is 0 Å². The van der Waals surface area contributed by atoms with Gasteiger partial charge in [0, 0.05) is 24.6 Å². The fraction of sp³-hybridized carbons (Fsp3) is 0.297. The van der Waals surface area contributed by atoms with E-state index in [1.807, 2.05) is 49.4 Å². The molecule has 0 heterocycles. The van der Waals surface area contributed by atoms with Gasteiger partial charge >= 0.3 is 0 Å². The molecule has 0 bridgehead atoms. The molecule has 5 rings (SSSR count). The summed E-state index contributed by atoms with van der Waals surface area (Å²) in [5.41, 5.74) is 2.90. The standard InChI is InChI=1S/C37H40FN3O4S/c1-27-21-22-28(2)34(23-27)41(46(44,45)32-18-7-4-8-19-32)26-36(42)40(25-30-15-9-12-20-33(30)38)35(24-29-13-5-3-6-14-29)37(43)39-31-16-10-11-17-31/h3-9,12-15,18-23,31,35H,10-11,16-17,24-26H2,1-2H3,(H,39,43)/t35-/m0/s1. The molecule has 1 N–H and O–H groups in total. The van der Waals surface area contributed by atoms with Crippen molar-refractivity contribution < 1.29 is 22.4 Å². The maximum Gasteiger partial charge on any atom is 0.264 e. The zero-order valence-corrected chi connectivity index (χ0v) is 27.0. The van der Waals surface area contributed by atoms with Gasteiger partial charge in [-0.25, -0.2) is 12.8 Å². The predicted molar refractivity (Wildman–Crippen MR) is 178 cm³/mol. The number of halogens is 1. The van der Waals surface area contributed by atoms with Crippen molar-refractivity contribution >= 4 is 27.5 Å². The van der Waals surface area contributed by atoms with E-state index < -0.39 is 34.3 Å². The Labute approximate surface area is 271 Å². The van der Waals surface area contributed by atoms with Crippen LogP contribution < -0.4 is 9.62 Å². The van der Waals surface area contributed by atoms with Gasteiger partial charge in [0.2, 0.25) is 11.8 Å². The minimum Gasteiger partial charge on any atom is -0.352 e. The van der Waals surface area contributed by atoms with Gasteiger partial charge < -0.3 is 10.2 Å². The van der Waals surface area contributed by atoms with E-state index in [4.69, 9.17) is 0 Å². The molecule has 1 fully saturated rings. The lowest BCUT2D eigenvalue weighted by atomic mass is 10.0. The van der Waals surface area contributed by atoms with Gasteiger partial charge in [-0.15, -0.1) is 0 Å². The van der Waals surface area contributed by atoms with Gasteiger partial charge in [-0.3, -0.25) is 13.9 Å². The first-order chi connectivity index (χ1) is 22.1. The van der Waals surface area contributed by atoms with Crippen LogP contribution in [-0.2, 0) is 32.6 Å². The minimum atomic E-state index is -4.22. The van der Waals surface area contributed by atoms with Gasteiger partial charge in [0.1, 0.15) is 18.4 Å². The molecule has 0 unspecified atom stereocenters. The Morgan fingerprint density at radius 3 is 2.17 bits per heavy atom. The van der Waals surface area contributed by atoms with Crippen molar-refractivity contribution in [2.45, 2.75) is 69.5 Å². The first kappa shape index (κ1) is 32.9. The lowest BCUT2D eigenvalue weighted by molar-refractivity contribution is -0.140. The van der Waals surface area contributed by atoms with E-state index in [1.54, 1.807) is 49.4 Å².